The lowest BCUT2D eigenvalue weighted by Crippen LogP contribution is -2.41. The first-order valence-corrected chi connectivity index (χ1v) is 9.62. The molecule has 0 fully saturated rings. The summed E-state index contributed by atoms with van der Waals surface area (Å²) in [4.78, 5) is 12.5. The zero-order valence-electron chi connectivity index (χ0n) is 16.5. The van der Waals surface area contributed by atoms with Gasteiger partial charge >= 0.3 is 6.03 Å². The SMILES string of the molecule is Cc1cc2c(o1)CC(C)(C)C[C@H]2NC(=O)NCc1ccc(-n2cccn2)cc1. The Morgan fingerprint density at radius 3 is 2.82 bits per heavy atom. The molecule has 0 saturated heterocycles. The maximum absolute atomic E-state index is 12.5. The lowest BCUT2D eigenvalue weighted by Gasteiger charge is -2.34. The fourth-order valence-electron chi connectivity index (χ4n) is 3.89. The zero-order valence-corrected chi connectivity index (χ0v) is 16.5. The number of hydrogen-bond acceptors (Lipinski definition) is 3. The van der Waals surface area contributed by atoms with E-state index in [2.05, 4.69) is 29.6 Å². The Morgan fingerprint density at radius 2 is 2.11 bits per heavy atom. The second-order valence-electron chi connectivity index (χ2n) is 8.28. The first-order chi connectivity index (χ1) is 13.4. The van der Waals surface area contributed by atoms with E-state index < -0.39 is 0 Å². The van der Waals surface area contributed by atoms with Crippen molar-refractivity contribution in [1.82, 2.24) is 20.4 Å². The predicted octanol–water partition coefficient (Wildman–Crippen LogP) is 4.29. The monoisotopic (exact) mass is 378 g/mol. The van der Waals surface area contributed by atoms with Crippen LogP contribution in [0.2, 0.25) is 0 Å². The summed E-state index contributed by atoms with van der Waals surface area (Å²) in [5.41, 5.74) is 3.23. The average molecular weight is 378 g/mol. The largest absolute Gasteiger partial charge is 0.466 e. The third-order valence-electron chi connectivity index (χ3n) is 5.20. The van der Waals surface area contributed by atoms with Gasteiger partial charge in [0.1, 0.15) is 11.5 Å². The molecule has 0 spiro atoms. The first-order valence-electron chi connectivity index (χ1n) is 9.62. The molecule has 0 aliphatic heterocycles. The highest BCUT2D eigenvalue weighted by atomic mass is 16.3. The summed E-state index contributed by atoms with van der Waals surface area (Å²) in [5, 5.41) is 10.3. The number of benzene rings is 1. The van der Waals surface area contributed by atoms with Gasteiger partial charge in [0.25, 0.3) is 0 Å². The number of carbonyl (C=O) groups excluding carboxylic acids is 1. The van der Waals surface area contributed by atoms with Crippen molar-refractivity contribution < 1.29 is 9.21 Å². The molecule has 6 heteroatoms. The maximum Gasteiger partial charge on any atom is 0.315 e. The first kappa shape index (κ1) is 18.3. The van der Waals surface area contributed by atoms with Crippen LogP contribution in [0.4, 0.5) is 4.79 Å². The van der Waals surface area contributed by atoms with Crippen LogP contribution in [0.25, 0.3) is 5.69 Å². The molecular formula is C22H26N4O2. The molecule has 2 heterocycles. The van der Waals surface area contributed by atoms with Gasteiger partial charge in [0, 0.05) is 30.9 Å². The van der Waals surface area contributed by atoms with Gasteiger partial charge in [-0.3, -0.25) is 0 Å². The second-order valence-corrected chi connectivity index (χ2v) is 8.28. The Kier molecular flexibility index (Phi) is 4.71. The summed E-state index contributed by atoms with van der Waals surface area (Å²) >= 11 is 0. The Labute approximate surface area is 164 Å². The van der Waals surface area contributed by atoms with Gasteiger partial charge in [0.15, 0.2) is 0 Å². The van der Waals surface area contributed by atoms with Crippen molar-refractivity contribution in [2.75, 3.05) is 0 Å². The molecule has 0 unspecified atom stereocenters. The van der Waals surface area contributed by atoms with Crippen molar-refractivity contribution in [3.05, 3.63) is 71.4 Å². The number of furan rings is 1. The highest BCUT2D eigenvalue weighted by Gasteiger charge is 2.35. The Hall–Kier alpha value is -3.02. The summed E-state index contributed by atoms with van der Waals surface area (Å²) < 4.78 is 7.65. The van der Waals surface area contributed by atoms with E-state index in [4.69, 9.17) is 4.42 Å². The maximum atomic E-state index is 12.5. The summed E-state index contributed by atoms with van der Waals surface area (Å²) in [7, 11) is 0. The molecule has 2 aromatic heterocycles. The number of nitrogens with zero attached hydrogens (tertiary/aromatic N) is 2. The standard InChI is InChI=1S/C22H26N4O2/c1-15-11-18-19(12-22(2,3)13-20(18)28-15)25-21(27)23-14-16-5-7-17(8-6-16)26-10-4-9-24-26/h4-11,19H,12-14H2,1-3H3,(H2,23,25,27)/t19-/m1/s1. The summed E-state index contributed by atoms with van der Waals surface area (Å²) in [6.07, 6.45) is 5.45. The highest BCUT2D eigenvalue weighted by Crippen LogP contribution is 2.41. The smallest absolute Gasteiger partial charge is 0.315 e. The summed E-state index contributed by atoms with van der Waals surface area (Å²) in [6.45, 7) is 6.84. The second kappa shape index (κ2) is 7.19. The molecule has 2 amide bonds. The Morgan fingerprint density at radius 1 is 1.32 bits per heavy atom. The number of amides is 2. The number of urea groups is 1. The van der Waals surface area contributed by atoms with E-state index >= 15 is 0 Å². The van der Waals surface area contributed by atoms with Gasteiger partial charge in [-0.05, 0) is 48.6 Å². The lowest BCUT2D eigenvalue weighted by atomic mass is 9.75. The third-order valence-corrected chi connectivity index (χ3v) is 5.20. The van der Waals surface area contributed by atoms with Crippen molar-refractivity contribution in [2.45, 2.75) is 46.2 Å². The molecule has 1 aliphatic rings. The van der Waals surface area contributed by atoms with Crippen molar-refractivity contribution in [2.24, 2.45) is 5.41 Å². The molecule has 1 aliphatic carbocycles. The third kappa shape index (κ3) is 3.96. The number of carbonyl (C=O) groups is 1. The Bertz CT molecular complexity index is 955. The van der Waals surface area contributed by atoms with E-state index in [0.717, 1.165) is 41.2 Å². The molecule has 2 N–H and O–H groups in total. The van der Waals surface area contributed by atoms with Crippen molar-refractivity contribution in [3.63, 3.8) is 0 Å². The van der Waals surface area contributed by atoms with E-state index in [-0.39, 0.29) is 17.5 Å². The number of aromatic nitrogens is 2. The van der Waals surface area contributed by atoms with Crippen LogP contribution in [0.3, 0.4) is 0 Å². The topological polar surface area (TPSA) is 72.1 Å². The van der Waals surface area contributed by atoms with Gasteiger partial charge in [-0.2, -0.15) is 5.10 Å². The van der Waals surface area contributed by atoms with Gasteiger partial charge in [-0.15, -0.1) is 0 Å². The van der Waals surface area contributed by atoms with E-state index in [1.807, 2.05) is 49.5 Å². The number of hydrogen-bond donors (Lipinski definition) is 2. The van der Waals surface area contributed by atoms with Crippen LogP contribution in [0.5, 0.6) is 0 Å². The summed E-state index contributed by atoms with van der Waals surface area (Å²) in [6, 6.07) is 11.7. The molecule has 0 bridgehead atoms. The van der Waals surface area contributed by atoms with Crippen LogP contribution in [0.15, 0.2) is 53.2 Å². The minimum Gasteiger partial charge on any atom is -0.466 e. The van der Waals surface area contributed by atoms with E-state index in [1.165, 1.54) is 0 Å². The number of fused-ring (bicyclic) bond motifs is 1. The van der Waals surface area contributed by atoms with Crippen LogP contribution < -0.4 is 10.6 Å². The van der Waals surface area contributed by atoms with Gasteiger partial charge in [0.05, 0.1) is 11.7 Å². The van der Waals surface area contributed by atoms with Crippen LogP contribution in [0, 0.1) is 12.3 Å². The molecule has 4 rings (SSSR count). The van der Waals surface area contributed by atoms with Crippen molar-refractivity contribution >= 4 is 6.03 Å². The van der Waals surface area contributed by atoms with E-state index in [1.54, 1.807) is 10.9 Å². The van der Waals surface area contributed by atoms with Crippen molar-refractivity contribution in [1.29, 1.82) is 0 Å². The molecule has 28 heavy (non-hydrogen) atoms. The quantitative estimate of drug-likeness (QED) is 0.711. The molecule has 0 saturated carbocycles. The van der Waals surface area contributed by atoms with Crippen LogP contribution in [-0.2, 0) is 13.0 Å². The van der Waals surface area contributed by atoms with Gasteiger partial charge < -0.3 is 15.1 Å². The van der Waals surface area contributed by atoms with Gasteiger partial charge in [0.2, 0.25) is 0 Å². The van der Waals surface area contributed by atoms with Gasteiger partial charge in [-0.1, -0.05) is 26.0 Å². The number of rotatable bonds is 4. The minimum atomic E-state index is -0.163. The fourth-order valence-corrected chi connectivity index (χ4v) is 3.89. The molecule has 0 radical (unpaired) electrons. The fraction of sp³-hybridized carbons (Fsp3) is 0.364. The molecule has 1 aromatic carbocycles. The van der Waals surface area contributed by atoms with Gasteiger partial charge in [-0.25, -0.2) is 9.48 Å². The van der Waals surface area contributed by atoms with Crippen LogP contribution in [-0.4, -0.2) is 15.8 Å². The highest BCUT2D eigenvalue weighted by molar-refractivity contribution is 5.74. The Balaban J connectivity index is 1.37. The average Bonchev–Trinajstić information content (AvgIpc) is 3.29. The lowest BCUT2D eigenvalue weighted by molar-refractivity contribution is 0.214. The molecule has 6 nitrogen and oxygen atoms in total. The zero-order chi connectivity index (χ0) is 19.7. The molecule has 146 valence electrons. The van der Waals surface area contributed by atoms with E-state index in [0.29, 0.717) is 6.54 Å². The van der Waals surface area contributed by atoms with Crippen molar-refractivity contribution in [3.8, 4) is 5.69 Å². The normalized spacial score (nSPS) is 17.8. The van der Waals surface area contributed by atoms with Crippen LogP contribution in [0.1, 0.15) is 49.0 Å². The predicted molar refractivity (Wildman–Crippen MR) is 107 cm³/mol. The minimum absolute atomic E-state index is 0.0293. The molecule has 1 atom stereocenters. The van der Waals surface area contributed by atoms with E-state index in [9.17, 15) is 4.79 Å². The molecule has 3 aromatic rings. The number of aryl methyl sites for hydroxylation is 1. The number of nitrogens with one attached hydrogen (secondary N) is 2. The molecular weight excluding hydrogens is 352 g/mol. The van der Waals surface area contributed by atoms with Crippen LogP contribution >= 0.6 is 0 Å². The summed E-state index contributed by atoms with van der Waals surface area (Å²) in [5.74, 6) is 1.89.